The van der Waals surface area contributed by atoms with Crippen LogP contribution >= 0.6 is 15.9 Å². The highest BCUT2D eigenvalue weighted by Crippen LogP contribution is 2.14. The number of aliphatic carboxylic acids is 1. The Labute approximate surface area is 414 Å². The number of aliphatic hydroxyl groups excluding tert-OH is 2. The zero-order chi connectivity index (χ0) is 51.8. The van der Waals surface area contributed by atoms with Crippen LogP contribution in [0.4, 0.5) is 0 Å². The van der Waals surface area contributed by atoms with Gasteiger partial charge in [0.15, 0.2) is 0 Å². The average molecular weight is 1040 g/mol. The number of carboxylic acids is 1. The molecule has 3 aromatic rings. The largest absolute Gasteiger partial charge is 0.508 e. The van der Waals surface area contributed by atoms with Gasteiger partial charge in [-0.15, -0.1) is 0 Å². The van der Waals surface area contributed by atoms with Crippen LogP contribution in [0.1, 0.15) is 49.8 Å². The number of phenols is 1. The first-order chi connectivity index (χ1) is 33.3. The molecule has 7 amide bonds. The number of aromatic hydroxyl groups is 1. The number of amides is 7. The smallest absolute Gasteiger partial charge is 0.328 e. The molecular formula is C47H65BrN10O12. The summed E-state index contributed by atoms with van der Waals surface area (Å²) < 4.78 is 0. The lowest BCUT2D eigenvalue weighted by Gasteiger charge is -2.28. The molecule has 70 heavy (non-hydrogen) atoms. The summed E-state index contributed by atoms with van der Waals surface area (Å²) in [5, 5.41) is 59.5. The van der Waals surface area contributed by atoms with E-state index in [1.165, 1.54) is 24.3 Å². The number of nitrogens with two attached hydrogens (primary N) is 2. The molecule has 382 valence electrons. The Morgan fingerprint density at radius 1 is 0.529 bits per heavy atom. The van der Waals surface area contributed by atoms with E-state index in [0.717, 1.165) is 0 Å². The van der Waals surface area contributed by atoms with Crippen molar-refractivity contribution in [1.29, 1.82) is 0 Å². The minimum atomic E-state index is -1.68. The van der Waals surface area contributed by atoms with E-state index in [0.29, 0.717) is 16.7 Å². The molecule has 3 aromatic carbocycles. The van der Waals surface area contributed by atoms with Gasteiger partial charge in [0.25, 0.3) is 0 Å². The van der Waals surface area contributed by atoms with Gasteiger partial charge in [0, 0.05) is 19.3 Å². The minimum absolute atomic E-state index is 0.0297. The first-order valence-corrected chi connectivity index (χ1v) is 23.7. The van der Waals surface area contributed by atoms with Crippen LogP contribution in [0.3, 0.4) is 0 Å². The lowest BCUT2D eigenvalue weighted by molar-refractivity contribution is -0.143. The number of benzene rings is 3. The Hall–Kier alpha value is -6.50. The van der Waals surface area contributed by atoms with Crippen molar-refractivity contribution in [2.24, 2.45) is 17.4 Å². The predicted molar refractivity (Wildman–Crippen MR) is 260 cm³/mol. The van der Waals surface area contributed by atoms with Crippen LogP contribution in [0.2, 0.25) is 0 Å². The zero-order valence-electron chi connectivity index (χ0n) is 38.9. The van der Waals surface area contributed by atoms with E-state index in [9.17, 15) is 58.8 Å². The van der Waals surface area contributed by atoms with Crippen molar-refractivity contribution in [3.05, 3.63) is 102 Å². The summed E-state index contributed by atoms with van der Waals surface area (Å²) in [6.45, 7) is 2.04. The highest BCUT2D eigenvalue weighted by molar-refractivity contribution is 9.09. The lowest BCUT2D eigenvalue weighted by Crippen LogP contribution is -2.61. The van der Waals surface area contributed by atoms with Crippen LogP contribution in [-0.4, -0.2) is 141 Å². The molecule has 0 aliphatic rings. The highest BCUT2D eigenvalue weighted by Gasteiger charge is 2.35. The minimum Gasteiger partial charge on any atom is -0.508 e. The highest BCUT2D eigenvalue weighted by atomic mass is 79.9. The fraction of sp³-hybridized carbons (Fsp3) is 0.447. The maximum atomic E-state index is 14.6. The number of nitrogens with one attached hydrogen (secondary N) is 8. The molecule has 23 heteroatoms. The Morgan fingerprint density at radius 2 is 0.914 bits per heavy atom. The quantitative estimate of drug-likeness (QED) is 0.0193. The molecule has 22 nitrogen and oxygen atoms in total. The van der Waals surface area contributed by atoms with Crippen LogP contribution in [0.15, 0.2) is 84.9 Å². The standard InChI is InChI=1S/C47H65BrN10O12/c1-27(2)20-33(41(64)53-32(14-9-19-51-47(49)50)40(63)58-38(26-60)46(69)70)54-42(65)36(23-30-15-17-31(61)18-16-30)56-43(66)34(21-28-10-5-3-6-11-28)55-44(67)35(22-29-12-7-4-8-13-29)57-45(68)37(25-59)52-39(62)24-48/h3-8,10-13,15-18,27,32-38,47,51,59-61H,9,14,19-26,49-50H2,1-2H3,(H,52,62)(H,53,64)(H,54,65)(H,55,67)(H,56,66)(H,57,68)(H,58,63)(H,69,70). The second-order valence-corrected chi connectivity index (χ2v) is 17.4. The van der Waals surface area contributed by atoms with Gasteiger partial charge in [-0.05, 0) is 60.5 Å². The molecule has 0 aliphatic heterocycles. The van der Waals surface area contributed by atoms with E-state index < -0.39 is 109 Å². The van der Waals surface area contributed by atoms with E-state index in [1.54, 1.807) is 74.5 Å². The molecule has 7 atom stereocenters. The Morgan fingerprint density at radius 3 is 1.33 bits per heavy atom. The van der Waals surface area contributed by atoms with Gasteiger partial charge in [0.05, 0.1) is 18.5 Å². The van der Waals surface area contributed by atoms with Crippen LogP contribution in [0, 0.1) is 5.92 Å². The van der Waals surface area contributed by atoms with E-state index in [2.05, 4.69) is 58.5 Å². The fourth-order valence-electron chi connectivity index (χ4n) is 6.99. The molecule has 0 spiro atoms. The molecule has 0 fully saturated rings. The second-order valence-electron chi connectivity index (χ2n) is 16.8. The third-order valence-corrected chi connectivity index (χ3v) is 11.1. The van der Waals surface area contributed by atoms with Gasteiger partial charge in [0.1, 0.15) is 54.3 Å². The number of carboxylic acid groups (broad SMARTS) is 1. The van der Waals surface area contributed by atoms with Gasteiger partial charge in [-0.2, -0.15) is 0 Å². The molecule has 0 bridgehead atoms. The summed E-state index contributed by atoms with van der Waals surface area (Å²) in [5.41, 5.74) is 12.8. The third kappa shape index (κ3) is 20.6. The summed E-state index contributed by atoms with van der Waals surface area (Å²) in [6, 6.07) is 13.1. The van der Waals surface area contributed by atoms with Crippen LogP contribution in [0.5, 0.6) is 5.75 Å². The summed E-state index contributed by atoms with van der Waals surface area (Å²) in [5.74, 6) is -7.56. The SMILES string of the molecule is CC(C)CC(NC(=O)C(Cc1ccc(O)cc1)NC(=O)C(Cc1ccccc1)NC(=O)C(Cc1ccccc1)NC(=O)C(CO)NC(=O)CBr)C(=O)NC(CCCNC(N)N)C(=O)NC(CO)C(=O)O. The number of aliphatic hydroxyl groups is 2. The van der Waals surface area contributed by atoms with Gasteiger partial charge < -0.3 is 69.1 Å². The van der Waals surface area contributed by atoms with E-state index >= 15 is 0 Å². The maximum Gasteiger partial charge on any atom is 0.328 e. The summed E-state index contributed by atoms with van der Waals surface area (Å²) in [4.78, 5) is 108. The number of carbonyl (C=O) groups excluding carboxylic acids is 7. The number of phenolic OH excluding ortho intramolecular Hbond substituents is 1. The molecule has 7 unspecified atom stereocenters. The number of hydrogen-bond acceptors (Lipinski definition) is 14. The number of rotatable bonds is 30. The Bertz CT molecular complexity index is 2170. The summed E-state index contributed by atoms with van der Waals surface area (Å²) in [6.07, 6.45) is -1.04. The number of hydrogen-bond donors (Lipinski definition) is 14. The second kappa shape index (κ2) is 30.2. The first-order valence-electron chi connectivity index (χ1n) is 22.6. The molecule has 3 rings (SSSR count). The van der Waals surface area contributed by atoms with Crippen molar-refractivity contribution in [3.8, 4) is 5.75 Å². The van der Waals surface area contributed by atoms with Gasteiger partial charge in [0.2, 0.25) is 41.4 Å². The van der Waals surface area contributed by atoms with Crippen molar-refractivity contribution in [3.63, 3.8) is 0 Å². The first kappa shape index (κ1) is 57.8. The summed E-state index contributed by atoms with van der Waals surface area (Å²) >= 11 is 3.00. The molecule has 0 heterocycles. The molecule has 0 aliphatic carbocycles. The van der Waals surface area contributed by atoms with E-state index in [1.807, 2.05) is 0 Å². The van der Waals surface area contributed by atoms with Gasteiger partial charge >= 0.3 is 5.97 Å². The van der Waals surface area contributed by atoms with Crippen molar-refractivity contribution >= 4 is 63.2 Å². The lowest BCUT2D eigenvalue weighted by atomic mass is 9.99. The molecule has 16 N–H and O–H groups in total. The monoisotopic (exact) mass is 1040 g/mol. The number of halogens is 1. The topological polar surface area (TPSA) is 366 Å². The van der Waals surface area contributed by atoms with Crippen molar-refractivity contribution in [2.45, 2.75) is 101 Å². The van der Waals surface area contributed by atoms with Crippen LogP contribution < -0.4 is 54.0 Å². The molecule has 0 aromatic heterocycles. The molecule has 0 saturated heterocycles. The predicted octanol–water partition coefficient (Wildman–Crippen LogP) is -2.11. The van der Waals surface area contributed by atoms with Crippen LogP contribution in [-0.2, 0) is 57.6 Å². The van der Waals surface area contributed by atoms with Crippen molar-refractivity contribution in [2.75, 3.05) is 25.1 Å². The summed E-state index contributed by atoms with van der Waals surface area (Å²) in [7, 11) is 0. The molecule has 0 saturated carbocycles. The molecular weight excluding hydrogens is 976 g/mol. The van der Waals surface area contributed by atoms with Gasteiger partial charge in [-0.3, -0.25) is 38.9 Å². The van der Waals surface area contributed by atoms with Gasteiger partial charge in [-0.1, -0.05) is 103 Å². The van der Waals surface area contributed by atoms with E-state index in [-0.39, 0.29) is 62.1 Å². The normalized spacial score (nSPS) is 14.1. The van der Waals surface area contributed by atoms with Crippen LogP contribution in [0.25, 0.3) is 0 Å². The Kier molecular flexibility index (Phi) is 24.9. The number of alkyl halides is 1. The average Bonchev–Trinajstić information content (AvgIpc) is 3.33. The van der Waals surface area contributed by atoms with Crippen molar-refractivity contribution in [1.82, 2.24) is 42.5 Å². The fourth-order valence-corrected chi connectivity index (χ4v) is 7.15. The van der Waals surface area contributed by atoms with Gasteiger partial charge in [-0.25, -0.2) is 4.79 Å². The Balaban J connectivity index is 2.00. The zero-order valence-corrected chi connectivity index (χ0v) is 40.5. The number of carbonyl (C=O) groups is 8. The van der Waals surface area contributed by atoms with E-state index in [4.69, 9.17) is 11.5 Å². The molecule has 0 radical (unpaired) electrons. The van der Waals surface area contributed by atoms with Crippen molar-refractivity contribution < 1.29 is 58.8 Å². The maximum absolute atomic E-state index is 14.6. The third-order valence-electron chi connectivity index (χ3n) is 10.6.